The topological polar surface area (TPSA) is 26.3 Å². The van der Waals surface area contributed by atoms with Crippen LogP contribution in [-0.4, -0.2) is 22.5 Å². The van der Waals surface area contributed by atoms with E-state index in [0.717, 1.165) is 10.9 Å². The van der Waals surface area contributed by atoms with Crippen molar-refractivity contribution in [2.75, 3.05) is 12.4 Å². The van der Waals surface area contributed by atoms with Crippen molar-refractivity contribution < 1.29 is 9.53 Å². The monoisotopic (exact) mass is 416 g/mol. The molecule has 23 heavy (non-hydrogen) atoms. The number of thiocarbonyl (C=S) groups is 1. The summed E-state index contributed by atoms with van der Waals surface area (Å²) in [5.74, 6) is 0.404. The number of ether oxygens (including phenoxy) is 1. The molecule has 0 saturated heterocycles. The second-order valence-corrected chi connectivity index (χ2v) is 7.93. The number of Topliss-reactive ketones (excluding diaryl/α,β-unsaturated/α-hetero) is 1. The molecule has 0 saturated carbocycles. The van der Waals surface area contributed by atoms with Crippen LogP contribution in [0.3, 0.4) is 0 Å². The van der Waals surface area contributed by atoms with Crippen LogP contribution in [0.5, 0.6) is 0 Å². The van der Waals surface area contributed by atoms with Gasteiger partial charge in [0.1, 0.15) is 0 Å². The van der Waals surface area contributed by atoms with Crippen molar-refractivity contribution in [2.45, 2.75) is 51.9 Å². The zero-order valence-corrected chi connectivity index (χ0v) is 16.9. The Labute approximate surface area is 157 Å². The van der Waals surface area contributed by atoms with Crippen molar-refractivity contribution in [2.24, 2.45) is 0 Å². The van der Waals surface area contributed by atoms with E-state index >= 15 is 0 Å². The van der Waals surface area contributed by atoms with Gasteiger partial charge in [0.05, 0.1) is 12.4 Å². The number of hydrogen-bond donors (Lipinski definition) is 0. The van der Waals surface area contributed by atoms with Gasteiger partial charge in [-0.15, -0.1) is 0 Å². The minimum atomic E-state index is 0.0735. The van der Waals surface area contributed by atoms with Gasteiger partial charge >= 0.3 is 0 Å². The van der Waals surface area contributed by atoms with Gasteiger partial charge in [0.25, 0.3) is 0 Å². The molecular formula is C18H25BrO2S2. The molecule has 0 N–H and O–H groups in total. The first-order valence-corrected chi connectivity index (χ1v) is 10.4. The van der Waals surface area contributed by atoms with Gasteiger partial charge in [-0.1, -0.05) is 85.3 Å². The van der Waals surface area contributed by atoms with E-state index in [2.05, 4.69) is 22.9 Å². The van der Waals surface area contributed by atoms with Crippen LogP contribution in [0.1, 0.15) is 62.2 Å². The lowest BCUT2D eigenvalue weighted by Gasteiger charge is -2.07. The fourth-order valence-electron chi connectivity index (χ4n) is 2.10. The van der Waals surface area contributed by atoms with Crippen LogP contribution in [0.25, 0.3) is 0 Å². The first-order chi connectivity index (χ1) is 11.1. The van der Waals surface area contributed by atoms with Gasteiger partial charge in [-0.2, -0.15) is 0 Å². The molecule has 1 aromatic carbocycles. The van der Waals surface area contributed by atoms with E-state index < -0.39 is 0 Å². The highest BCUT2D eigenvalue weighted by molar-refractivity contribution is 9.10. The van der Waals surface area contributed by atoms with Crippen molar-refractivity contribution in [3.05, 3.63) is 34.3 Å². The van der Waals surface area contributed by atoms with E-state index in [1.54, 1.807) is 0 Å². The number of carbonyl (C=O) groups excluding carboxylic acids is 1. The Kier molecular flexibility index (Phi) is 11.6. The standard InChI is InChI=1S/C18H25BrO2S2/c1-2-3-4-5-6-7-8-13-21-18(22)23-14-17(20)15-9-11-16(19)12-10-15/h9-12H,2-8,13-14H2,1H3. The number of ketones is 1. The van der Waals surface area contributed by atoms with Crippen LogP contribution < -0.4 is 0 Å². The summed E-state index contributed by atoms with van der Waals surface area (Å²) in [5, 5.41) is 0. The maximum atomic E-state index is 12.0. The van der Waals surface area contributed by atoms with Crippen LogP contribution >= 0.6 is 39.9 Å². The highest BCUT2D eigenvalue weighted by Gasteiger charge is 2.08. The lowest BCUT2D eigenvalue weighted by atomic mass is 10.1. The van der Waals surface area contributed by atoms with Crippen LogP contribution in [-0.2, 0) is 4.74 Å². The fraction of sp³-hybridized carbons (Fsp3) is 0.556. The van der Waals surface area contributed by atoms with Crippen LogP contribution in [0.15, 0.2) is 28.7 Å². The van der Waals surface area contributed by atoms with E-state index in [-0.39, 0.29) is 5.78 Å². The maximum Gasteiger partial charge on any atom is 0.220 e. The van der Waals surface area contributed by atoms with E-state index in [9.17, 15) is 4.79 Å². The summed E-state index contributed by atoms with van der Waals surface area (Å²) in [5.41, 5.74) is 0.704. The summed E-state index contributed by atoms with van der Waals surface area (Å²) in [6.45, 7) is 2.89. The summed E-state index contributed by atoms with van der Waals surface area (Å²) in [6.07, 6.45) is 8.77. The van der Waals surface area contributed by atoms with Gasteiger partial charge in [-0.05, 0) is 30.8 Å². The van der Waals surface area contributed by atoms with Crippen molar-refractivity contribution in [3.8, 4) is 0 Å². The van der Waals surface area contributed by atoms with Gasteiger partial charge < -0.3 is 4.74 Å². The van der Waals surface area contributed by atoms with Gasteiger partial charge in [-0.25, -0.2) is 0 Å². The molecule has 0 bridgehead atoms. The summed E-state index contributed by atoms with van der Waals surface area (Å²) >= 11 is 9.82. The summed E-state index contributed by atoms with van der Waals surface area (Å²) in [6, 6.07) is 7.37. The van der Waals surface area contributed by atoms with Gasteiger partial charge in [0.15, 0.2) is 5.78 Å². The second kappa shape index (κ2) is 13.0. The average molecular weight is 417 g/mol. The number of thioether (sulfide) groups is 1. The molecule has 0 aliphatic rings. The molecule has 0 unspecified atom stereocenters. The molecule has 1 aromatic rings. The Morgan fingerprint density at radius 2 is 1.70 bits per heavy atom. The largest absolute Gasteiger partial charge is 0.479 e. The van der Waals surface area contributed by atoms with Crippen molar-refractivity contribution in [1.82, 2.24) is 0 Å². The van der Waals surface area contributed by atoms with E-state index in [4.69, 9.17) is 17.0 Å². The summed E-state index contributed by atoms with van der Waals surface area (Å²) < 4.78 is 6.95. The Morgan fingerprint density at radius 1 is 1.09 bits per heavy atom. The fourth-order valence-corrected chi connectivity index (χ4v) is 3.21. The maximum absolute atomic E-state index is 12.0. The number of carbonyl (C=O) groups is 1. The van der Waals surface area contributed by atoms with Gasteiger partial charge in [-0.3, -0.25) is 4.79 Å². The summed E-state index contributed by atoms with van der Waals surface area (Å²) in [4.78, 5) is 12.0. The smallest absolute Gasteiger partial charge is 0.220 e. The zero-order valence-electron chi connectivity index (χ0n) is 13.7. The summed E-state index contributed by atoms with van der Waals surface area (Å²) in [7, 11) is 0. The number of benzene rings is 1. The number of halogens is 1. The highest BCUT2D eigenvalue weighted by atomic mass is 79.9. The third kappa shape index (κ3) is 10.2. The van der Waals surface area contributed by atoms with Crippen LogP contribution in [0.2, 0.25) is 0 Å². The lowest BCUT2D eigenvalue weighted by molar-refractivity contribution is 0.102. The average Bonchev–Trinajstić information content (AvgIpc) is 2.55. The number of rotatable bonds is 11. The normalized spacial score (nSPS) is 10.5. The Balaban J connectivity index is 2.06. The molecule has 0 aliphatic heterocycles. The number of hydrogen-bond acceptors (Lipinski definition) is 4. The molecule has 2 nitrogen and oxygen atoms in total. The Morgan fingerprint density at radius 3 is 2.35 bits per heavy atom. The molecular weight excluding hydrogens is 392 g/mol. The molecule has 0 aliphatic carbocycles. The number of unbranched alkanes of at least 4 members (excludes halogenated alkanes) is 6. The first kappa shape index (κ1) is 20.7. The predicted octanol–water partition coefficient (Wildman–Crippen LogP) is 6.42. The van der Waals surface area contributed by atoms with Crippen molar-refractivity contribution in [3.63, 3.8) is 0 Å². The molecule has 1 rings (SSSR count). The highest BCUT2D eigenvalue weighted by Crippen LogP contribution is 2.15. The van der Waals surface area contributed by atoms with Crippen LogP contribution in [0, 0.1) is 0 Å². The SMILES string of the molecule is CCCCCCCCCOC(=S)SCC(=O)c1ccc(Br)cc1. The lowest BCUT2D eigenvalue weighted by Crippen LogP contribution is -2.07. The molecule has 0 aromatic heterocycles. The first-order valence-electron chi connectivity index (χ1n) is 8.21. The van der Waals surface area contributed by atoms with E-state index in [1.807, 2.05) is 24.3 Å². The van der Waals surface area contributed by atoms with Gasteiger partial charge in [0, 0.05) is 10.0 Å². The van der Waals surface area contributed by atoms with E-state index in [1.165, 1.54) is 50.3 Å². The van der Waals surface area contributed by atoms with E-state index in [0.29, 0.717) is 22.3 Å². The minimum Gasteiger partial charge on any atom is -0.479 e. The molecule has 0 spiro atoms. The predicted molar refractivity (Wildman–Crippen MR) is 107 cm³/mol. The van der Waals surface area contributed by atoms with Crippen molar-refractivity contribution >= 4 is 50.1 Å². The van der Waals surface area contributed by atoms with Crippen molar-refractivity contribution in [1.29, 1.82) is 0 Å². The Hall–Kier alpha value is -0.390. The molecule has 0 heterocycles. The molecule has 0 fully saturated rings. The quantitative estimate of drug-likeness (QED) is 0.236. The minimum absolute atomic E-state index is 0.0735. The second-order valence-electron chi connectivity index (χ2n) is 5.44. The Bertz CT molecular complexity index is 474. The zero-order chi connectivity index (χ0) is 16.9. The third-order valence-corrected chi connectivity index (χ3v) is 5.22. The molecule has 5 heteroatoms. The van der Waals surface area contributed by atoms with Crippen LogP contribution in [0.4, 0.5) is 0 Å². The van der Waals surface area contributed by atoms with Gasteiger partial charge in [0.2, 0.25) is 4.38 Å². The molecule has 0 amide bonds. The molecule has 0 atom stereocenters. The third-order valence-electron chi connectivity index (χ3n) is 3.46. The molecule has 128 valence electrons. The molecule has 0 radical (unpaired) electrons.